The Morgan fingerprint density at radius 3 is 1.95 bits per heavy atom. The normalized spacial score (nSPS) is 23.7. The molecule has 4 nitrogen and oxygen atoms in total. The van der Waals surface area contributed by atoms with E-state index in [1.54, 1.807) is 13.8 Å². The summed E-state index contributed by atoms with van der Waals surface area (Å²) >= 11 is 0. The Morgan fingerprint density at radius 2 is 1.41 bits per heavy atom. The Morgan fingerprint density at radius 1 is 0.864 bits per heavy atom. The first-order valence-corrected chi connectivity index (χ1v) is 8.82. The van der Waals surface area contributed by atoms with Gasteiger partial charge in [-0.1, -0.05) is 19.8 Å². The predicted octanol–water partition coefficient (Wildman–Crippen LogP) is 4.11. The molecule has 0 aromatic rings. The van der Waals surface area contributed by atoms with Crippen LogP contribution in [0.1, 0.15) is 73.1 Å². The van der Waals surface area contributed by atoms with E-state index in [1.165, 1.54) is 25.7 Å². The highest BCUT2D eigenvalue weighted by Crippen LogP contribution is 2.29. The molecule has 1 aliphatic carbocycles. The summed E-state index contributed by atoms with van der Waals surface area (Å²) in [5.41, 5.74) is 0. The highest BCUT2D eigenvalue weighted by Gasteiger charge is 2.24. The van der Waals surface area contributed by atoms with Crippen LogP contribution >= 0.6 is 0 Å². The number of hydrogen-bond acceptors (Lipinski definition) is 4. The largest absolute Gasteiger partial charge is 0.366 e. The van der Waals surface area contributed by atoms with Gasteiger partial charge in [0.25, 0.3) is 0 Å². The molecule has 1 fully saturated rings. The maximum absolute atomic E-state index is 9.44. The molecule has 0 aliphatic heterocycles. The van der Waals surface area contributed by atoms with Crippen LogP contribution in [0.5, 0.6) is 0 Å². The van der Waals surface area contributed by atoms with Gasteiger partial charge >= 0.3 is 0 Å². The molecule has 0 aromatic carbocycles. The number of ether oxygens (including phenoxy) is 3. The average molecular weight is 316 g/mol. The summed E-state index contributed by atoms with van der Waals surface area (Å²) in [4.78, 5) is 0. The standard InChI is InChI=1S/C18H36O4/c1-15-8-10-16(11-9-15)14-22-18(4,5)21-13-7-6-12-20-17(2,3)19/h15-16,19H,6-14H2,1-5H3. The third kappa shape index (κ3) is 9.78. The van der Waals surface area contributed by atoms with Crippen LogP contribution in [0.25, 0.3) is 0 Å². The molecule has 1 aliphatic rings. The Kier molecular flexibility index (Phi) is 8.33. The number of rotatable bonds is 10. The van der Waals surface area contributed by atoms with Crippen molar-refractivity contribution < 1.29 is 19.3 Å². The topological polar surface area (TPSA) is 47.9 Å². The summed E-state index contributed by atoms with van der Waals surface area (Å²) in [5, 5.41) is 9.44. The monoisotopic (exact) mass is 316 g/mol. The quantitative estimate of drug-likeness (QED) is 0.487. The van der Waals surface area contributed by atoms with Crippen molar-refractivity contribution in [2.75, 3.05) is 19.8 Å². The molecule has 0 bridgehead atoms. The maximum Gasteiger partial charge on any atom is 0.162 e. The summed E-state index contributed by atoms with van der Waals surface area (Å²) in [7, 11) is 0. The van der Waals surface area contributed by atoms with Crippen molar-refractivity contribution in [3.8, 4) is 0 Å². The number of unbranched alkanes of at least 4 members (excludes halogenated alkanes) is 1. The van der Waals surface area contributed by atoms with Gasteiger partial charge in [-0.25, -0.2) is 0 Å². The van der Waals surface area contributed by atoms with Gasteiger partial charge in [-0.15, -0.1) is 0 Å². The van der Waals surface area contributed by atoms with E-state index in [0.29, 0.717) is 19.1 Å². The van der Waals surface area contributed by atoms with E-state index >= 15 is 0 Å². The molecule has 0 heterocycles. The number of aliphatic hydroxyl groups is 1. The molecule has 4 heteroatoms. The van der Waals surface area contributed by atoms with Crippen LogP contribution in [0, 0.1) is 11.8 Å². The molecular weight excluding hydrogens is 280 g/mol. The lowest BCUT2D eigenvalue weighted by Crippen LogP contribution is -2.32. The highest BCUT2D eigenvalue weighted by atomic mass is 16.7. The summed E-state index contributed by atoms with van der Waals surface area (Å²) in [6, 6.07) is 0. The van der Waals surface area contributed by atoms with Gasteiger partial charge in [-0.05, 0) is 65.2 Å². The lowest BCUT2D eigenvalue weighted by molar-refractivity contribution is -0.222. The van der Waals surface area contributed by atoms with Gasteiger partial charge in [-0.2, -0.15) is 0 Å². The Balaban J connectivity index is 2.05. The van der Waals surface area contributed by atoms with Crippen molar-refractivity contribution in [3.63, 3.8) is 0 Å². The van der Waals surface area contributed by atoms with E-state index in [-0.39, 0.29) is 0 Å². The van der Waals surface area contributed by atoms with Gasteiger partial charge in [0.2, 0.25) is 0 Å². The zero-order chi connectivity index (χ0) is 16.6. The lowest BCUT2D eigenvalue weighted by Gasteiger charge is -2.31. The Hall–Kier alpha value is -0.160. The third-order valence-corrected chi connectivity index (χ3v) is 4.25. The molecule has 0 unspecified atom stereocenters. The van der Waals surface area contributed by atoms with Crippen LogP contribution in [0.2, 0.25) is 0 Å². The minimum absolute atomic E-state index is 0.514. The first kappa shape index (κ1) is 19.9. The van der Waals surface area contributed by atoms with E-state index < -0.39 is 11.6 Å². The Bertz CT molecular complexity index is 288. The van der Waals surface area contributed by atoms with Gasteiger partial charge < -0.3 is 19.3 Å². The summed E-state index contributed by atoms with van der Waals surface area (Å²) < 4.78 is 17.1. The smallest absolute Gasteiger partial charge is 0.162 e. The molecule has 0 amide bonds. The van der Waals surface area contributed by atoms with Crippen molar-refractivity contribution in [2.24, 2.45) is 11.8 Å². The fourth-order valence-electron chi connectivity index (χ4n) is 2.70. The molecule has 0 aromatic heterocycles. The summed E-state index contributed by atoms with van der Waals surface area (Å²) in [6.45, 7) is 11.6. The summed E-state index contributed by atoms with van der Waals surface area (Å²) in [6.07, 6.45) is 7.01. The lowest BCUT2D eigenvalue weighted by atomic mass is 9.83. The van der Waals surface area contributed by atoms with Gasteiger partial charge in [0.05, 0.1) is 19.8 Å². The maximum atomic E-state index is 9.44. The van der Waals surface area contributed by atoms with Gasteiger partial charge in [0.1, 0.15) is 0 Å². The van der Waals surface area contributed by atoms with Gasteiger partial charge in [0.15, 0.2) is 11.6 Å². The second-order valence-corrected chi connectivity index (χ2v) is 7.69. The molecule has 0 radical (unpaired) electrons. The van der Waals surface area contributed by atoms with Crippen LogP contribution in [-0.2, 0) is 14.2 Å². The fourth-order valence-corrected chi connectivity index (χ4v) is 2.70. The van der Waals surface area contributed by atoms with Crippen molar-refractivity contribution in [2.45, 2.75) is 84.7 Å². The van der Waals surface area contributed by atoms with E-state index in [2.05, 4.69) is 6.92 Å². The van der Waals surface area contributed by atoms with Crippen LogP contribution < -0.4 is 0 Å². The molecule has 0 spiro atoms. The zero-order valence-electron chi connectivity index (χ0n) is 15.2. The van der Waals surface area contributed by atoms with Crippen LogP contribution in [-0.4, -0.2) is 36.5 Å². The molecule has 22 heavy (non-hydrogen) atoms. The fraction of sp³-hybridized carbons (Fsp3) is 1.00. The third-order valence-electron chi connectivity index (χ3n) is 4.25. The first-order chi connectivity index (χ1) is 10.2. The second kappa shape index (κ2) is 9.21. The first-order valence-electron chi connectivity index (χ1n) is 8.82. The van der Waals surface area contributed by atoms with E-state index in [1.807, 2.05) is 13.8 Å². The van der Waals surface area contributed by atoms with Crippen molar-refractivity contribution in [1.82, 2.24) is 0 Å². The Labute approximate surface area is 136 Å². The van der Waals surface area contributed by atoms with Crippen LogP contribution in [0.15, 0.2) is 0 Å². The molecular formula is C18H36O4. The van der Waals surface area contributed by atoms with E-state index in [4.69, 9.17) is 14.2 Å². The van der Waals surface area contributed by atoms with Gasteiger partial charge in [0, 0.05) is 0 Å². The molecule has 0 saturated heterocycles. The SMILES string of the molecule is CC1CCC(COC(C)(C)OCCCCOC(C)(C)O)CC1. The molecule has 0 atom stereocenters. The highest BCUT2D eigenvalue weighted by molar-refractivity contribution is 4.70. The minimum Gasteiger partial charge on any atom is -0.366 e. The van der Waals surface area contributed by atoms with E-state index in [0.717, 1.165) is 25.4 Å². The molecule has 132 valence electrons. The minimum atomic E-state index is -1.04. The van der Waals surface area contributed by atoms with Crippen molar-refractivity contribution >= 4 is 0 Å². The molecule has 1 rings (SSSR count). The molecule has 1 saturated carbocycles. The zero-order valence-corrected chi connectivity index (χ0v) is 15.2. The average Bonchev–Trinajstić information content (AvgIpc) is 2.41. The van der Waals surface area contributed by atoms with Crippen LogP contribution in [0.4, 0.5) is 0 Å². The molecule has 1 N–H and O–H groups in total. The van der Waals surface area contributed by atoms with Crippen molar-refractivity contribution in [1.29, 1.82) is 0 Å². The number of hydrogen-bond donors (Lipinski definition) is 1. The van der Waals surface area contributed by atoms with Crippen LogP contribution in [0.3, 0.4) is 0 Å². The van der Waals surface area contributed by atoms with E-state index in [9.17, 15) is 5.11 Å². The predicted molar refractivity (Wildman–Crippen MR) is 88.6 cm³/mol. The summed E-state index contributed by atoms with van der Waals surface area (Å²) in [5.74, 6) is 0.0202. The second-order valence-electron chi connectivity index (χ2n) is 7.69. The van der Waals surface area contributed by atoms with Crippen molar-refractivity contribution in [3.05, 3.63) is 0 Å². The van der Waals surface area contributed by atoms with Gasteiger partial charge in [-0.3, -0.25) is 0 Å².